The molecule has 0 radical (unpaired) electrons. The third-order valence-electron chi connectivity index (χ3n) is 5.00. The third kappa shape index (κ3) is 15.9. The van der Waals surface area contributed by atoms with Gasteiger partial charge in [-0.3, -0.25) is 15.6 Å². The van der Waals surface area contributed by atoms with E-state index < -0.39 is 45.7 Å². The van der Waals surface area contributed by atoms with E-state index in [4.69, 9.17) is 19.3 Å². The largest absolute Gasteiger partial charge is 0.444 e. The fourth-order valence-corrected chi connectivity index (χ4v) is 4.11. The Morgan fingerprint density at radius 3 is 1.78 bits per heavy atom. The summed E-state index contributed by atoms with van der Waals surface area (Å²) < 4.78 is 38.9. The summed E-state index contributed by atoms with van der Waals surface area (Å²) in [4.78, 5) is 41.1. The fourth-order valence-electron chi connectivity index (χ4n) is 3.30. The van der Waals surface area contributed by atoms with Gasteiger partial charge >= 0.3 is 18.3 Å². The predicted octanol–water partition coefficient (Wildman–Crippen LogP) is 3.16. The van der Waals surface area contributed by atoms with Crippen molar-refractivity contribution in [2.75, 3.05) is 12.3 Å². The molecular formula is C27H37N5O8S. The number of benzene rings is 2. The highest BCUT2D eigenvalue weighted by molar-refractivity contribution is 7.89. The summed E-state index contributed by atoms with van der Waals surface area (Å²) in [5.41, 5.74) is 0.737. The lowest BCUT2D eigenvalue weighted by Crippen LogP contribution is -2.45. The van der Waals surface area contributed by atoms with Gasteiger partial charge in [0.15, 0.2) is 0 Å². The van der Waals surface area contributed by atoms with Crippen LogP contribution in [-0.2, 0) is 37.4 Å². The van der Waals surface area contributed by atoms with Crippen LogP contribution in [0.2, 0.25) is 0 Å². The first-order valence-corrected chi connectivity index (χ1v) is 14.5. The highest BCUT2D eigenvalue weighted by Crippen LogP contribution is 2.09. The van der Waals surface area contributed by atoms with Crippen molar-refractivity contribution in [1.29, 1.82) is 0 Å². The number of guanidine groups is 1. The van der Waals surface area contributed by atoms with E-state index >= 15 is 0 Å². The number of nitrogens with one attached hydrogen (secondary N) is 3. The number of nitrogens with zero attached hydrogens (tertiary/aromatic N) is 1. The summed E-state index contributed by atoms with van der Waals surface area (Å²) in [6, 6.07) is 17.1. The van der Waals surface area contributed by atoms with Crippen LogP contribution in [0.4, 0.5) is 14.4 Å². The molecule has 2 aromatic rings. The molecule has 0 spiro atoms. The molecule has 5 N–H and O–H groups in total. The number of amides is 3. The van der Waals surface area contributed by atoms with Crippen molar-refractivity contribution < 1.29 is 37.0 Å². The average Bonchev–Trinajstić information content (AvgIpc) is 2.88. The molecule has 0 aliphatic rings. The molecule has 2 aromatic carbocycles. The Labute approximate surface area is 239 Å². The summed E-state index contributed by atoms with van der Waals surface area (Å²) in [5, 5.41) is 12.4. The van der Waals surface area contributed by atoms with E-state index in [1.54, 1.807) is 69.3 Å². The minimum absolute atomic E-state index is 0.00994. The maximum atomic E-state index is 12.4. The second-order valence-corrected chi connectivity index (χ2v) is 11.6. The number of carbonyl (C=O) groups is 3. The molecule has 0 fully saturated rings. The molecule has 0 aromatic heterocycles. The van der Waals surface area contributed by atoms with Crippen molar-refractivity contribution in [3.8, 4) is 0 Å². The summed E-state index contributed by atoms with van der Waals surface area (Å²) >= 11 is 0. The molecule has 2 rings (SSSR count). The molecule has 0 saturated carbocycles. The van der Waals surface area contributed by atoms with Crippen molar-refractivity contribution in [2.24, 2.45) is 10.1 Å². The zero-order valence-electron chi connectivity index (χ0n) is 23.3. The van der Waals surface area contributed by atoms with Crippen molar-refractivity contribution in [3.05, 3.63) is 71.8 Å². The number of alkyl carbamates (subject to hydrolysis) is 3. The van der Waals surface area contributed by atoms with Gasteiger partial charge in [0.05, 0.1) is 5.75 Å². The lowest BCUT2D eigenvalue weighted by Gasteiger charge is -2.23. The Morgan fingerprint density at radius 2 is 1.34 bits per heavy atom. The summed E-state index contributed by atoms with van der Waals surface area (Å²) in [5.74, 6) is -0.749. The van der Waals surface area contributed by atoms with E-state index in [0.717, 1.165) is 11.1 Å². The van der Waals surface area contributed by atoms with Gasteiger partial charge in [-0.1, -0.05) is 60.7 Å². The minimum Gasteiger partial charge on any atom is -0.444 e. The van der Waals surface area contributed by atoms with Crippen LogP contribution in [0.3, 0.4) is 0 Å². The Kier molecular flexibility index (Phi) is 13.0. The number of aliphatic imine (C=N–C) groups is 1. The van der Waals surface area contributed by atoms with Gasteiger partial charge in [-0.25, -0.2) is 27.9 Å². The number of primary sulfonamides is 1. The van der Waals surface area contributed by atoms with Gasteiger partial charge in [0, 0.05) is 12.6 Å². The van der Waals surface area contributed by atoms with E-state index in [2.05, 4.69) is 20.9 Å². The summed E-state index contributed by atoms with van der Waals surface area (Å²) in [6.45, 7) is 5.03. The topological polar surface area (TPSA) is 188 Å². The first-order chi connectivity index (χ1) is 19.3. The van der Waals surface area contributed by atoms with Crippen LogP contribution in [0.25, 0.3) is 0 Å². The van der Waals surface area contributed by atoms with Gasteiger partial charge in [-0.15, -0.1) is 0 Å². The predicted molar refractivity (Wildman–Crippen MR) is 152 cm³/mol. The van der Waals surface area contributed by atoms with Gasteiger partial charge in [-0.05, 0) is 44.7 Å². The van der Waals surface area contributed by atoms with Crippen LogP contribution in [0, 0.1) is 0 Å². The summed E-state index contributed by atoms with van der Waals surface area (Å²) in [7, 11) is -3.91. The SMILES string of the molecule is CC(C)(C)OC(=O)N[C@@H](CCCN=C(NC(=O)OCc1ccccc1)NC(=O)OCc1ccccc1)CS(N)(=O)=O. The smallest absolute Gasteiger partial charge is 0.414 e. The van der Waals surface area contributed by atoms with E-state index in [1.165, 1.54) is 0 Å². The molecule has 0 heterocycles. The second-order valence-electron chi connectivity index (χ2n) is 9.92. The van der Waals surface area contributed by atoms with Gasteiger partial charge in [0.2, 0.25) is 16.0 Å². The molecule has 13 nitrogen and oxygen atoms in total. The zero-order valence-corrected chi connectivity index (χ0v) is 24.1. The van der Waals surface area contributed by atoms with E-state index in [0.29, 0.717) is 0 Å². The first kappa shape index (κ1) is 33.0. The minimum atomic E-state index is -3.91. The van der Waals surface area contributed by atoms with Gasteiger partial charge in [0.25, 0.3) is 0 Å². The molecule has 41 heavy (non-hydrogen) atoms. The number of hydrogen-bond donors (Lipinski definition) is 4. The molecule has 1 atom stereocenters. The van der Waals surface area contributed by atoms with Gasteiger partial charge in [0.1, 0.15) is 18.8 Å². The Hall–Kier alpha value is -4.17. The van der Waals surface area contributed by atoms with Crippen LogP contribution in [0.1, 0.15) is 44.7 Å². The summed E-state index contributed by atoms with van der Waals surface area (Å²) in [6.07, 6.45) is -2.12. The molecule has 0 unspecified atom stereocenters. The zero-order chi connectivity index (χ0) is 30.3. The monoisotopic (exact) mass is 591 g/mol. The maximum absolute atomic E-state index is 12.4. The van der Waals surface area contributed by atoms with E-state index in [-0.39, 0.29) is 38.6 Å². The highest BCUT2D eigenvalue weighted by atomic mass is 32.2. The molecule has 14 heteroatoms. The molecule has 0 saturated heterocycles. The third-order valence-corrected chi connectivity index (χ3v) is 5.87. The quantitative estimate of drug-likeness (QED) is 0.133. The average molecular weight is 592 g/mol. The number of ether oxygens (including phenoxy) is 3. The highest BCUT2D eigenvalue weighted by Gasteiger charge is 2.22. The van der Waals surface area contributed by atoms with E-state index in [1.807, 2.05) is 12.1 Å². The van der Waals surface area contributed by atoms with Crippen LogP contribution in [-0.4, -0.2) is 56.6 Å². The van der Waals surface area contributed by atoms with Crippen molar-refractivity contribution >= 4 is 34.3 Å². The Bertz CT molecular complexity index is 1210. The fraction of sp³-hybridized carbons (Fsp3) is 0.407. The normalized spacial score (nSPS) is 11.9. The van der Waals surface area contributed by atoms with Gasteiger partial charge in [-0.2, -0.15) is 0 Å². The van der Waals surface area contributed by atoms with Crippen LogP contribution in [0.15, 0.2) is 65.7 Å². The first-order valence-electron chi connectivity index (χ1n) is 12.8. The lowest BCUT2D eigenvalue weighted by molar-refractivity contribution is 0.0506. The number of sulfonamides is 1. The Morgan fingerprint density at radius 1 is 0.854 bits per heavy atom. The van der Waals surface area contributed by atoms with Crippen molar-refractivity contribution in [2.45, 2.75) is 58.5 Å². The lowest BCUT2D eigenvalue weighted by atomic mass is 10.2. The molecule has 0 bridgehead atoms. The van der Waals surface area contributed by atoms with Crippen LogP contribution >= 0.6 is 0 Å². The van der Waals surface area contributed by atoms with Crippen molar-refractivity contribution in [3.63, 3.8) is 0 Å². The number of carbonyl (C=O) groups excluding carboxylic acids is 3. The number of rotatable bonds is 11. The molecule has 3 amide bonds. The molecule has 224 valence electrons. The number of nitrogens with two attached hydrogens (primary N) is 1. The van der Waals surface area contributed by atoms with E-state index in [9.17, 15) is 22.8 Å². The van der Waals surface area contributed by atoms with Crippen molar-refractivity contribution in [1.82, 2.24) is 16.0 Å². The standard InChI is InChI=1S/C27H37N5O8S/c1-27(2,3)40-26(35)30-22(19-41(28,36)37)15-10-16-29-23(31-24(33)38-17-20-11-6-4-7-12-20)32-25(34)39-18-21-13-8-5-9-14-21/h4-9,11-14,22H,10,15-19H2,1-3H3,(H,30,35)(H2,28,36,37)(H2,29,31,32,33,34)/t22-/m0/s1. The Balaban J connectivity index is 2.00. The van der Waals surface area contributed by atoms with Gasteiger partial charge < -0.3 is 19.5 Å². The molecule has 0 aliphatic carbocycles. The van der Waals surface area contributed by atoms with Crippen LogP contribution in [0.5, 0.6) is 0 Å². The second kappa shape index (κ2) is 16.2. The number of hydrogen-bond acceptors (Lipinski definition) is 9. The van der Waals surface area contributed by atoms with Crippen LogP contribution < -0.4 is 21.1 Å². The molecule has 0 aliphatic heterocycles. The maximum Gasteiger partial charge on any atom is 0.414 e. The molecular weight excluding hydrogens is 554 g/mol.